The third-order valence-electron chi connectivity index (χ3n) is 2.91. The molecular weight excluding hydrogens is 156 g/mol. The van der Waals surface area contributed by atoms with Gasteiger partial charge in [-0.25, -0.2) is 0 Å². The highest BCUT2D eigenvalue weighted by Crippen LogP contribution is 2.36. The Labute approximate surface area is 72.4 Å². The monoisotopic (exact) mass is 172 g/mol. The summed E-state index contributed by atoms with van der Waals surface area (Å²) in [5.74, 6) is -1.39. The average Bonchev–Trinajstić information content (AvgIpc) is 2.05. The molecule has 0 aromatic carbocycles. The summed E-state index contributed by atoms with van der Waals surface area (Å²) in [5.41, 5.74) is -0.940. The minimum Gasteiger partial charge on any atom is -0.481 e. The van der Waals surface area contributed by atoms with E-state index in [9.17, 15) is 9.90 Å². The van der Waals surface area contributed by atoms with Crippen molar-refractivity contribution in [1.82, 2.24) is 0 Å². The summed E-state index contributed by atoms with van der Waals surface area (Å²) in [4.78, 5) is 10.8. The summed E-state index contributed by atoms with van der Waals surface area (Å²) in [6.07, 6.45) is 3.69. The van der Waals surface area contributed by atoms with Crippen LogP contribution >= 0.6 is 0 Å². The van der Waals surface area contributed by atoms with Gasteiger partial charge in [0, 0.05) is 0 Å². The number of carbonyl (C=O) groups is 1. The molecule has 1 aliphatic rings. The number of carboxylic acids is 1. The lowest BCUT2D eigenvalue weighted by Crippen LogP contribution is -2.44. The van der Waals surface area contributed by atoms with Gasteiger partial charge in [0.05, 0.1) is 11.5 Å². The van der Waals surface area contributed by atoms with Crippen LogP contribution in [-0.4, -0.2) is 21.8 Å². The molecule has 0 aromatic rings. The van der Waals surface area contributed by atoms with Crippen LogP contribution in [-0.2, 0) is 4.79 Å². The van der Waals surface area contributed by atoms with Gasteiger partial charge in [-0.2, -0.15) is 0 Å². The fourth-order valence-electron chi connectivity index (χ4n) is 2.00. The van der Waals surface area contributed by atoms with Gasteiger partial charge in [0.1, 0.15) is 0 Å². The van der Waals surface area contributed by atoms with Gasteiger partial charge in [0.15, 0.2) is 0 Å². The first kappa shape index (κ1) is 9.52. The lowest BCUT2D eigenvalue weighted by Gasteiger charge is -2.36. The van der Waals surface area contributed by atoms with Crippen LogP contribution in [0.5, 0.6) is 0 Å². The molecule has 0 bridgehead atoms. The van der Waals surface area contributed by atoms with Crippen LogP contribution in [0.1, 0.15) is 39.0 Å². The maximum atomic E-state index is 10.8. The standard InChI is InChI=1S/C9H16O3/c1-2-9(12)6-4-3-5-7(9)8(10)11/h7,12H,2-6H2,1H3,(H,10,11). The quantitative estimate of drug-likeness (QED) is 0.662. The number of hydrogen-bond donors (Lipinski definition) is 2. The van der Waals surface area contributed by atoms with E-state index in [0.717, 1.165) is 12.8 Å². The fourth-order valence-corrected chi connectivity index (χ4v) is 2.00. The smallest absolute Gasteiger partial charge is 0.309 e. The molecule has 2 N–H and O–H groups in total. The minimum atomic E-state index is -0.940. The van der Waals surface area contributed by atoms with Gasteiger partial charge in [-0.05, 0) is 19.3 Å². The maximum absolute atomic E-state index is 10.8. The van der Waals surface area contributed by atoms with E-state index in [2.05, 4.69) is 0 Å². The van der Waals surface area contributed by atoms with Crippen molar-refractivity contribution in [2.24, 2.45) is 5.92 Å². The Hall–Kier alpha value is -0.570. The van der Waals surface area contributed by atoms with Gasteiger partial charge >= 0.3 is 5.97 Å². The first-order valence-electron chi connectivity index (χ1n) is 4.55. The van der Waals surface area contributed by atoms with Crippen molar-refractivity contribution < 1.29 is 15.0 Å². The third kappa shape index (κ3) is 1.61. The van der Waals surface area contributed by atoms with Crippen molar-refractivity contribution in [1.29, 1.82) is 0 Å². The average molecular weight is 172 g/mol. The van der Waals surface area contributed by atoms with Crippen LogP contribution in [0.2, 0.25) is 0 Å². The highest BCUT2D eigenvalue weighted by molar-refractivity contribution is 5.71. The molecule has 2 unspecified atom stereocenters. The van der Waals surface area contributed by atoms with Crippen molar-refractivity contribution in [2.45, 2.75) is 44.6 Å². The molecule has 0 amide bonds. The topological polar surface area (TPSA) is 57.5 Å². The van der Waals surface area contributed by atoms with Gasteiger partial charge in [0.2, 0.25) is 0 Å². The molecule has 0 saturated heterocycles. The van der Waals surface area contributed by atoms with E-state index in [1.54, 1.807) is 0 Å². The molecule has 0 heterocycles. The maximum Gasteiger partial charge on any atom is 0.309 e. The van der Waals surface area contributed by atoms with E-state index in [1.807, 2.05) is 6.92 Å². The van der Waals surface area contributed by atoms with Gasteiger partial charge < -0.3 is 10.2 Å². The number of aliphatic carboxylic acids is 1. The van der Waals surface area contributed by atoms with E-state index in [-0.39, 0.29) is 0 Å². The second-order valence-corrected chi connectivity index (χ2v) is 3.59. The summed E-state index contributed by atoms with van der Waals surface area (Å²) in [6, 6.07) is 0. The molecule has 0 spiro atoms. The summed E-state index contributed by atoms with van der Waals surface area (Å²) >= 11 is 0. The number of rotatable bonds is 2. The number of carboxylic acid groups (broad SMARTS) is 1. The van der Waals surface area contributed by atoms with Crippen molar-refractivity contribution in [3.8, 4) is 0 Å². The molecule has 3 nitrogen and oxygen atoms in total. The van der Waals surface area contributed by atoms with Gasteiger partial charge in [-0.15, -0.1) is 0 Å². The van der Waals surface area contributed by atoms with Crippen molar-refractivity contribution in [2.75, 3.05) is 0 Å². The van der Waals surface area contributed by atoms with Gasteiger partial charge in [-0.1, -0.05) is 19.8 Å². The Balaban J connectivity index is 2.73. The molecule has 3 heteroatoms. The van der Waals surface area contributed by atoms with Crippen molar-refractivity contribution in [3.05, 3.63) is 0 Å². The molecule has 0 aromatic heterocycles. The fraction of sp³-hybridized carbons (Fsp3) is 0.889. The summed E-state index contributed by atoms with van der Waals surface area (Å²) < 4.78 is 0. The first-order chi connectivity index (χ1) is 5.60. The predicted molar refractivity (Wildman–Crippen MR) is 44.8 cm³/mol. The Bertz CT molecular complexity index is 179. The van der Waals surface area contributed by atoms with E-state index >= 15 is 0 Å². The highest BCUT2D eigenvalue weighted by Gasteiger charge is 2.41. The van der Waals surface area contributed by atoms with Crippen LogP contribution in [0, 0.1) is 5.92 Å². The molecule has 70 valence electrons. The second kappa shape index (κ2) is 3.44. The van der Waals surface area contributed by atoms with E-state index < -0.39 is 17.5 Å². The largest absolute Gasteiger partial charge is 0.481 e. The number of aliphatic hydroxyl groups is 1. The molecule has 1 rings (SSSR count). The van der Waals surface area contributed by atoms with Crippen molar-refractivity contribution in [3.63, 3.8) is 0 Å². The zero-order chi connectivity index (χ0) is 9.19. The summed E-state index contributed by atoms with van der Waals surface area (Å²) in [7, 11) is 0. The number of hydrogen-bond acceptors (Lipinski definition) is 2. The molecule has 1 fully saturated rings. The normalized spacial score (nSPS) is 36.3. The molecule has 0 radical (unpaired) electrons. The lowest BCUT2D eigenvalue weighted by molar-refractivity contribution is -0.156. The van der Waals surface area contributed by atoms with Crippen LogP contribution in [0.3, 0.4) is 0 Å². The minimum absolute atomic E-state index is 0.545. The molecule has 2 atom stereocenters. The van der Waals surface area contributed by atoms with Crippen LogP contribution in [0.25, 0.3) is 0 Å². The van der Waals surface area contributed by atoms with E-state index in [4.69, 9.17) is 5.11 Å². The highest BCUT2D eigenvalue weighted by atomic mass is 16.4. The summed E-state index contributed by atoms with van der Waals surface area (Å²) in [6.45, 7) is 1.85. The first-order valence-corrected chi connectivity index (χ1v) is 4.55. The lowest BCUT2D eigenvalue weighted by atomic mass is 9.74. The summed E-state index contributed by atoms with van der Waals surface area (Å²) in [5, 5.41) is 18.8. The molecule has 12 heavy (non-hydrogen) atoms. The van der Waals surface area contributed by atoms with Crippen LogP contribution < -0.4 is 0 Å². The molecular formula is C9H16O3. The Morgan fingerprint density at radius 2 is 2.25 bits per heavy atom. The Morgan fingerprint density at radius 1 is 1.58 bits per heavy atom. The zero-order valence-corrected chi connectivity index (χ0v) is 7.42. The zero-order valence-electron chi connectivity index (χ0n) is 7.42. The second-order valence-electron chi connectivity index (χ2n) is 3.59. The predicted octanol–water partition coefficient (Wildman–Crippen LogP) is 1.40. The molecule has 0 aliphatic heterocycles. The van der Waals surface area contributed by atoms with Gasteiger partial charge in [0.25, 0.3) is 0 Å². The third-order valence-corrected chi connectivity index (χ3v) is 2.91. The Kier molecular flexibility index (Phi) is 2.73. The van der Waals surface area contributed by atoms with Crippen molar-refractivity contribution >= 4 is 5.97 Å². The van der Waals surface area contributed by atoms with E-state index in [1.165, 1.54) is 0 Å². The molecule has 1 saturated carbocycles. The SMILES string of the molecule is CCC1(O)CCCCC1C(=O)O. The molecule has 1 aliphatic carbocycles. The Morgan fingerprint density at radius 3 is 2.67 bits per heavy atom. The van der Waals surface area contributed by atoms with Crippen LogP contribution in [0.4, 0.5) is 0 Å². The van der Waals surface area contributed by atoms with E-state index in [0.29, 0.717) is 19.3 Å². The van der Waals surface area contributed by atoms with Crippen LogP contribution in [0.15, 0.2) is 0 Å². The van der Waals surface area contributed by atoms with Gasteiger partial charge in [-0.3, -0.25) is 4.79 Å².